The molecule has 0 spiro atoms. The predicted molar refractivity (Wildman–Crippen MR) is 83.2 cm³/mol. The van der Waals surface area contributed by atoms with E-state index in [1.807, 2.05) is 65.8 Å². The van der Waals surface area contributed by atoms with E-state index < -0.39 is 11.7 Å². The summed E-state index contributed by atoms with van der Waals surface area (Å²) in [7, 11) is 1.92. The van der Waals surface area contributed by atoms with Crippen LogP contribution in [0.1, 0.15) is 48.0 Å². The maximum atomic E-state index is 11.6. The van der Waals surface area contributed by atoms with E-state index in [4.69, 9.17) is 10.1 Å². The van der Waals surface area contributed by atoms with Crippen molar-refractivity contribution >= 4 is 12.3 Å². The second-order valence-corrected chi connectivity index (χ2v) is 6.24. The number of alkyl carbamates (subject to hydrolysis) is 1. The van der Waals surface area contributed by atoms with Gasteiger partial charge in [-0.05, 0) is 53.3 Å². The molecule has 0 aromatic heterocycles. The molecule has 0 aromatic rings. The van der Waals surface area contributed by atoms with E-state index in [0.717, 1.165) is 6.42 Å². The summed E-state index contributed by atoms with van der Waals surface area (Å²) >= 11 is 0. The van der Waals surface area contributed by atoms with Crippen molar-refractivity contribution in [2.24, 2.45) is 0 Å². The van der Waals surface area contributed by atoms with Crippen LogP contribution in [-0.2, 0) is 4.74 Å². The van der Waals surface area contributed by atoms with Crippen LogP contribution < -0.4 is 5.32 Å². The summed E-state index contributed by atoms with van der Waals surface area (Å²) in [6.45, 7) is 11.4. The Morgan fingerprint density at radius 2 is 1.95 bits per heavy atom. The third kappa shape index (κ3) is 6.59. The molecular weight excluding hydrogens is 254 g/mol. The normalized spacial score (nSPS) is 16.4. The molecule has 0 saturated heterocycles. The van der Waals surface area contributed by atoms with Gasteiger partial charge in [0.25, 0.3) is 0 Å². The van der Waals surface area contributed by atoms with Gasteiger partial charge >= 0.3 is 6.09 Å². The highest BCUT2D eigenvalue weighted by Gasteiger charge is 2.22. The van der Waals surface area contributed by atoms with E-state index in [1.54, 1.807) is 0 Å². The molecule has 0 aromatic carbocycles. The molecule has 1 amide bonds. The van der Waals surface area contributed by atoms with Gasteiger partial charge in [0.2, 0.25) is 0 Å². The van der Waals surface area contributed by atoms with E-state index in [-0.39, 0.29) is 11.6 Å². The van der Waals surface area contributed by atoms with E-state index in [2.05, 4.69) is 5.32 Å². The summed E-state index contributed by atoms with van der Waals surface area (Å²) < 4.78 is 5.19. The van der Waals surface area contributed by atoms with Crippen molar-refractivity contribution in [1.82, 2.24) is 10.2 Å². The van der Waals surface area contributed by atoms with Gasteiger partial charge in [0.05, 0.1) is 5.54 Å². The van der Waals surface area contributed by atoms with Gasteiger partial charge in [0.15, 0.2) is 0 Å². The first-order chi connectivity index (χ1) is 9.04. The summed E-state index contributed by atoms with van der Waals surface area (Å²) in [5.74, 6) is 0. The van der Waals surface area contributed by atoms with E-state index >= 15 is 0 Å². The molecule has 2 unspecified atom stereocenters. The molecule has 5 nitrogen and oxygen atoms in total. The minimum absolute atomic E-state index is 0.140. The second kappa shape index (κ2) is 7.31. The van der Waals surface area contributed by atoms with Crippen LogP contribution in [-0.4, -0.2) is 41.4 Å². The Labute approximate surface area is 122 Å². The van der Waals surface area contributed by atoms with Crippen LogP contribution in [0.2, 0.25) is 0 Å². The average molecular weight is 283 g/mol. The van der Waals surface area contributed by atoms with Crippen molar-refractivity contribution in [3.63, 3.8) is 0 Å². The lowest BCUT2D eigenvalue weighted by molar-refractivity contribution is 0.0517. The van der Waals surface area contributed by atoms with Crippen LogP contribution in [0.15, 0.2) is 12.3 Å². The van der Waals surface area contributed by atoms with Crippen LogP contribution in [0.3, 0.4) is 0 Å². The highest BCUT2D eigenvalue weighted by molar-refractivity contribution is 5.68. The van der Waals surface area contributed by atoms with Gasteiger partial charge in [0, 0.05) is 19.3 Å². The van der Waals surface area contributed by atoms with Gasteiger partial charge in [0.1, 0.15) is 5.60 Å². The van der Waals surface area contributed by atoms with Crippen LogP contribution >= 0.6 is 0 Å². The molecule has 116 valence electrons. The zero-order valence-electron chi connectivity index (χ0n) is 13.8. The third-order valence-corrected chi connectivity index (χ3v) is 3.18. The lowest BCUT2D eigenvalue weighted by Gasteiger charge is -2.34. The average Bonchev–Trinajstić information content (AvgIpc) is 2.32. The standard InChI is InChI=1S/C15H29N3O2/c1-8-15(6,11-16)18(7)10-9-12(2)17-13(19)20-14(3,4)5/h9-12,16H,8H2,1-7H3,(H,17,19)/b10-9-,16-11?. The number of carbonyl (C=O) groups is 1. The van der Waals surface area contributed by atoms with E-state index in [1.165, 1.54) is 6.21 Å². The van der Waals surface area contributed by atoms with Gasteiger partial charge in [-0.25, -0.2) is 4.79 Å². The molecule has 2 atom stereocenters. The fourth-order valence-electron chi connectivity index (χ4n) is 1.42. The minimum atomic E-state index is -0.495. The van der Waals surface area contributed by atoms with Crippen molar-refractivity contribution in [3.8, 4) is 0 Å². The quantitative estimate of drug-likeness (QED) is 0.736. The van der Waals surface area contributed by atoms with Gasteiger partial charge in [-0.2, -0.15) is 0 Å². The monoisotopic (exact) mass is 283 g/mol. The van der Waals surface area contributed by atoms with Crippen LogP contribution in [0.4, 0.5) is 4.79 Å². The van der Waals surface area contributed by atoms with Gasteiger partial charge < -0.3 is 20.4 Å². The lowest BCUT2D eigenvalue weighted by Crippen LogP contribution is -2.42. The van der Waals surface area contributed by atoms with Crippen molar-refractivity contribution < 1.29 is 9.53 Å². The molecule has 0 aliphatic rings. The Balaban J connectivity index is 4.46. The molecule has 0 saturated carbocycles. The molecule has 0 heterocycles. The largest absolute Gasteiger partial charge is 0.444 e. The highest BCUT2D eigenvalue weighted by Crippen LogP contribution is 2.15. The molecule has 0 aliphatic carbocycles. The van der Waals surface area contributed by atoms with Gasteiger partial charge in [-0.15, -0.1) is 0 Å². The number of hydrogen-bond acceptors (Lipinski definition) is 4. The molecule has 0 rings (SSSR count). The highest BCUT2D eigenvalue weighted by atomic mass is 16.6. The first-order valence-electron chi connectivity index (χ1n) is 6.96. The Kier molecular flexibility index (Phi) is 6.76. The van der Waals surface area contributed by atoms with Crippen molar-refractivity contribution in [1.29, 1.82) is 5.41 Å². The Hall–Kier alpha value is -1.52. The summed E-state index contributed by atoms with van der Waals surface area (Å²) in [6.07, 6.45) is 5.61. The first-order valence-corrected chi connectivity index (χ1v) is 6.96. The maximum Gasteiger partial charge on any atom is 0.408 e. The van der Waals surface area contributed by atoms with Gasteiger partial charge in [-0.1, -0.05) is 6.92 Å². The summed E-state index contributed by atoms with van der Waals surface area (Å²) in [5, 5.41) is 10.2. The van der Waals surface area contributed by atoms with E-state index in [9.17, 15) is 4.79 Å². The molecule has 20 heavy (non-hydrogen) atoms. The smallest absolute Gasteiger partial charge is 0.408 e. The summed E-state index contributed by atoms with van der Waals surface area (Å²) in [4.78, 5) is 13.6. The van der Waals surface area contributed by atoms with Crippen LogP contribution in [0, 0.1) is 5.41 Å². The number of ether oxygens (including phenoxy) is 1. The topological polar surface area (TPSA) is 65.4 Å². The molecular formula is C15H29N3O2. The fraction of sp³-hybridized carbons (Fsp3) is 0.733. The molecule has 0 aliphatic heterocycles. The summed E-state index contributed by atoms with van der Waals surface area (Å²) in [6, 6.07) is -0.140. The van der Waals surface area contributed by atoms with Crippen LogP contribution in [0.5, 0.6) is 0 Å². The van der Waals surface area contributed by atoms with Crippen molar-refractivity contribution in [3.05, 3.63) is 12.3 Å². The number of carbonyl (C=O) groups excluding carboxylic acids is 1. The SMILES string of the molecule is CCC(C)(C=N)N(C)/C=C\C(C)NC(=O)OC(C)(C)C. The molecule has 0 fully saturated rings. The molecule has 2 N–H and O–H groups in total. The van der Waals surface area contributed by atoms with Crippen molar-refractivity contribution in [2.75, 3.05) is 7.05 Å². The van der Waals surface area contributed by atoms with Crippen molar-refractivity contribution in [2.45, 2.75) is 65.1 Å². The third-order valence-electron chi connectivity index (χ3n) is 3.18. The number of nitrogens with zero attached hydrogens (tertiary/aromatic N) is 1. The summed E-state index contributed by atoms with van der Waals surface area (Å²) in [5.41, 5.74) is -0.798. The number of hydrogen-bond donors (Lipinski definition) is 2. The predicted octanol–water partition coefficient (Wildman–Crippen LogP) is 3.16. The molecule has 0 bridgehead atoms. The fourth-order valence-corrected chi connectivity index (χ4v) is 1.42. The first kappa shape index (κ1) is 18.5. The molecule has 5 heteroatoms. The number of rotatable bonds is 6. The number of nitrogens with one attached hydrogen (secondary N) is 2. The Morgan fingerprint density at radius 1 is 1.40 bits per heavy atom. The van der Waals surface area contributed by atoms with Crippen LogP contribution in [0.25, 0.3) is 0 Å². The molecule has 0 radical (unpaired) electrons. The lowest BCUT2D eigenvalue weighted by atomic mass is 9.99. The Morgan fingerprint density at radius 3 is 2.35 bits per heavy atom. The zero-order chi connectivity index (χ0) is 16.0. The zero-order valence-corrected chi connectivity index (χ0v) is 13.8. The van der Waals surface area contributed by atoms with Gasteiger partial charge in [-0.3, -0.25) is 0 Å². The Bertz CT molecular complexity index is 361. The maximum absolute atomic E-state index is 11.6. The number of amides is 1. The second-order valence-electron chi connectivity index (χ2n) is 6.24. The van der Waals surface area contributed by atoms with E-state index in [0.29, 0.717) is 0 Å². The minimum Gasteiger partial charge on any atom is -0.444 e.